The maximum absolute atomic E-state index is 12.6. The van der Waals surface area contributed by atoms with Crippen LogP contribution >= 0.6 is 0 Å². The predicted molar refractivity (Wildman–Crippen MR) is 85.8 cm³/mol. The highest BCUT2D eigenvalue weighted by atomic mass is 16.2. The van der Waals surface area contributed by atoms with Gasteiger partial charge in [-0.15, -0.1) is 0 Å². The Morgan fingerprint density at radius 2 is 1.57 bits per heavy atom. The molecule has 0 radical (unpaired) electrons. The monoisotopic (exact) mass is 282 g/mol. The number of carbonyl (C=O) groups excluding carboxylic acids is 1. The van der Waals surface area contributed by atoms with Gasteiger partial charge in [-0.1, -0.05) is 60.7 Å². The van der Waals surface area contributed by atoms with Crippen LogP contribution in [-0.2, 0) is 10.2 Å². The SMILES string of the molecule is CC(C)(C(=O)NC(CN)c1ccccc1)c1ccccc1. The minimum Gasteiger partial charge on any atom is -0.347 e. The molecule has 0 aliphatic heterocycles. The Morgan fingerprint density at radius 3 is 2.10 bits per heavy atom. The first kappa shape index (κ1) is 15.3. The molecular formula is C18H22N2O. The van der Waals surface area contributed by atoms with Crippen LogP contribution in [0.1, 0.15) is 31.0 Å². The molecule has 0 heterocycles. The van der Waals surface area contributed by atoms with E-state index in [4.69, 9.17) is 5.73 Å². The lowest BCUT2D eigenvalue weighted by molar-refractivity contribution is -0.126. The molecule has 0 bridgehead atoms. The first-order valence-corrected chi connectivity index (χ1v) is 7.17. The van der Waals surface area contributed by atoms with Crippen LogP contribution in [0.15, 0.2) is 60.7 Å². The molecule has 21 heavy (non-hydrogen) atoms. The van der Waals surface area contributed by atoms with Crippen LogP contribution in [-0.4, -0.2) is 12.5 Å². The van der Waals surface area contributed by atoms with Crippen molar-refractivity contribution >= 4 is 5.91 Å². The second kappa shape index (κ2) is 6.55. The summed E-state index contributed by atoms with van der Waals surface area (Å²) in [5, 5.41) is 3.06. The molecular weight excluding hydrogens is 260 g/mol. The first-order valence-electron chi connectivity index (χ1n) is 7.17. The average molecular weight is 282 g/mol. The maximum Gasteiger partial charge on any atom is 0.230 e. The fourth-order valence-corrected chi connectivity index (χ4v) is 2.29. The third kappa shape index (κ3) is 3.50. The fraction of sp³-hybridized carbons (Fsp3) is 0.278. The molecule has 0 aromatic heterocycles. The van der Waals surface area contributed by atoms with Crippen LogP contribution in [0.25, 0.3) is 0 Å². The molecule has 3 nitrogen and oxygen atoms in total. The van der Waals surface area contributed by atoms with Gasteiger partial charge in [-0.2, -0.15) is 0 Å². The molecule has 3 N–H and O–H groups in total. The first-order chi connectivity index (χ1) is 10.1. The molecule has 0 fully saturated rings. The number of benzene rings is 2. The van der Waals surface area contributed by atoms with E-state index in [0.29, 0.717) is 6.54 Å². The molecule has 2 aromatic carbocycles. The molecule has 1 unspecified atom stereocenters. The lowest BCUT2D eigenvalue weighted by Crippen LogP contribution is -2.43. The van der Waals surface area contributed by atoms with Gasteiger partial charge in [0.05, 0.1) is 11.5 Å². The maximum atomic E-state index is 12.6. The minimum atomic E-state index is -0.594. The normalized spacial score (nSPS) is 12.7. The molecule has 110 valence electrons. The van der Waals surface area contributed by atoms with Crippen molar-refractivity contribution in [2.45, 2.75) is 25.3 Å². The molecule has 0 saturated carbocycles. The smallest absolute Gasteiger partial charge is 0.230 e. The van der Waals surface area contributed by atoms with Crippen molar-refractivity contribution in [3.63, 3.8) is 0 Å². The van der Waals surface area contributed by atoms with Crippen molar-refractivity contribution in [3.8, 4) is 0 Å². The van der Waals surface area contributed by atoms with Crippen molar-refractivity contribution in [2.24, 2.45) is 5.73 Å². The van der Waals surface area contributed by atoms with E-state index in [0.717, 1.165) is 11.1 Å². The summed E-state index contributed by atoms with van der Waals surface area (Å²) in [5.74, 6) is -0.0204. The van der Waals surface area contributed by atoms with E-state index in [1.807, 2.05) is 74.5 Å². The number of carbonyl (C=O) groups is 1. The second-order valence-corrected chi connectivity index (χ2v) is 5.66. The number of amides is 1. The fourth-order valence-electron chi connectivity index (χ4n) is 2.29. The Labute approximate surface area is 126 Å². The third-order valence-corrected chi connectivity index (χ3v) is 3.81. The van der Waals surface area contributed by atoms with Crippen LogP contribution in [0.2, 0.25) is 0 Å². The molecule has 0 aliphatic rings. The summed E-state index contributed by atoms with van der Waals surface area (Å²) in [7, 11) is 0. The van der Waals surface area contributed by atoms with Gasteiger partial charge in [0.1, 0.15) is 0 Å². The van der Waals surface area contributed by atoms with Gasteiger partial charge in [-0.05, 0) is 25.0 Å². The largest absolute Gasteiger partial charge is 0.347 e. The molecule has 0 spiro atoms. The molecule has 1 amide bonds. The lowest BCUT2D eigenvalue weighted by Gasteiger charge is -2.27. The van der Waals surface area contributed by atoms with Crippen molar-refractivity contribution in [2.75, 3.05) is 6.54 Å². The Hall–Kier alpha value is -2.13. The zero-order valence-corrected chi connectivity index (χ0v) is 12.5. The molecule has 0 aliphatic carbocycles. The zero-order chi connectivity index (χ0) is 15.3. The summed E-state index contributed by atoms with van der Waals surface area (Å²) >= 11 is 0. The standard InChI is InChI=1S/C18H22N2O/c1-18(2,15-11-7-4-8-12-15)17(21)20-16(13-19)14-9-5-3-6-10-14/h3-12,16H,13,19H2,1-2H3,(H,20,21). The lowest BCUT2D eigenvalue weighted by atomic mass is 9.83. The van der Waals surface area contributed by atoms with Crippen molar-refractivity contribution in [3.05, 3.63) is 71.8 Å². The van der Waals surface area contributed by atoms with Gasteiger partial charge >= 0.3 is 0 Å². The van der Waals surface area contributed by atoms with Gasteiger partial charge in [0.15, 0.2) is 0 Å². The van der Waals surface area contributed by atoms with Gasteiger partial charge < -0.3 is 11.1 Å². The Bertz CT molecular complexity index is 579. The molecule has 3 heteroatoms. The number of rotatable bonds is 5. The number of nitrogens with one attached hydrogen (secondary N) is 1. The topological polar surface area (TPSA) is 55.1 Å². The summed E-state index contributed by atoms with van der Waals surface area (Å²) < 4.78 is 0. The zero-order valence-electron chi connectivity index (χ0n) is 12.5. The van der Waals surface area contributed by atoms with E-state index in [9.17, 15) is 4.79 Å². The van der Waals surface area contributed by atoms with Gasteiger partial charge in [-0.3, -0.25) is 4.79 Å². The Kier molecular flexibility index (Phi) is 4.76. The van der Waals surface area contributed by atoms with E-state index >= 15 is 0 Å². The van der Waals surface area contributed by atoms with E-state index in [1.54, 1.807) is 0 Å². The summed E-state index contributed by atoms with van der Waals surface area (Å²) in [4.78, 5) is 12.6. The highest BCUT2D eigenvalue weighted by molar-refractivity contribution is 5.87. The quantitative estimate of drug-likeness (QED) is 0.886. The second-order valence-electron chi connectivity index (χ2n) is 5.66. The van der Waals surface area contributed by atoms with Crippen LogP contribution in [0.3, 0.4) is 0 Å². The number of nitrogens with two attached hydrogens (primary N) is 1. The van der Waals surface area contributed by atoms with Gasteiger partial charge in [0.25, 0.3) is 0 Å². The summed E-state index contributed by atoms with van der Waals surface area (Å²) in [6.45, 7) is 4.23. The van der Waals surface area contributed by atoms with Crippen LogP contribution < -0.4 is 11.1 Å². The van der Waals surface area contributed by atoms with Gasteiger partial charge in [-0.25, -0.2) is 0 Å². The number of hydrogen-bond donors (Lipinski definition) is 2. The van der Waals surface area contributed by atoms with Crippen LogP contribution in [0.5, 0.6) is 0 Å². The van der Waals surface area contributed by atoms with Gasteiger partial charge in [0.2, 0.25) is 5.91 Å². The summed E-state index contributed by atoms with van der Waals surface area (Å²) in [6, 6.07) is 19.4. The minimum absolute atomic E-state index is 0.0204. The summed E-state index contributed by atoms with van der Waals surface area (Å²) in [6.07, 6.45) is 0. The van der Waals surface area contributed by atoms with E-state index in [-0.39, 0.29) is 11.9 Å². The van der Waals surface area contributed by atoms with Crippen molar-refractivity contribution < 1.29 is 4.79 Å². The van der Waals surface area contributed by atoms with Crippen LogP contribution in [0.4, 0.5) is 0 Å². The highest BCUT2D eigenvalue weighted by Crippen LogP contribution is 2.24. The Balaban J connectivity index is 2.16. The molecule has 1 atom stereocenters. The van der Waals surface area contributed by atoms with Crippen molar-refractivity contribution in [1.82, 2.24) is 5.32 Å². The summed E-state index contributed by atoms with van der Waals surface area (Å²) in [5.41, 5.74) is 7.24. The third-order valence-electron chi connectivity index (χ3n) is 3.81. The van der Waals surface area contributed by atoms with E-state index < -0.39 is 5.41 Å². The Morgan fingerprint density at radius 1 is 1.05 bits per heavy atom. The average Bonchev–Trinajstić information content (AvgIpc) is 2.54. The van der Waals surface area contributed by atoms with Crippen LogP contribution in [0, 0.1) is 0 Å². The predicted octanol–water partition coefficient (Wildman–Crippen LogP) is 2.78. The molecule has 0 saturated heterocycles. The van der Waals surface area contributed by atoms with Crippen molar-refractivity contribution in [1.29, 1.82) is 0 Å². The molecule has 2 rings (SSSR count). The highest BCUT2D eigenvalue weighted by Gasteiger charge is 2.31. The number of hydrogen-bond acceptors (Lipinski definition) is 2. The van der Waals surface area contributed by atoms with E-state index in [1.165, 1.54) is 0 Å². The molecule has 2 aromatic rings. The van der Waals surface area contributed by atoms with Gasteiger partial charge in [0, 0.05) is 6.54 Å². The van der Waals surface area contributed by atoms with E-state index in [2.05, 4.69) is 5.32 Å².